The average molecular weight is 1280 g/mol. The highest BCUT2D eigenvalue weighted by Gasteiger charge is 2.56. The van der Waals surface area contributed by atoms with Crippen LogP contribution in [-0.2, 0) is 35.5 Å². The highest BCUT2D eigenvalue weighted by molar-refractivity contribution is 9.10. The summed E-state index contributed by atoms with van der Waals surface area (Å²) in [5.74, 6) is 4.47. The number of ether oxygens (including phenoxy) is 2. The van der Waals surface area contributed by atoms with Crippen LogP contribution in [0.4, 0.5) is 28.4 Å². The molecule has 6 aromatic rings. The van der Waals surface area contributed by atoms with Crippen LogP contribution in [0.15, 0.2) is 132 Å². The molecule has 0 spiro atoms. The van der Waals surface area contributed by atoms with E-state index in [2.05, 4.69) is 73.5 Å². The van der Waals surface area contributed by atoms with Crippen LogP contribution in [0.25, 0.3) is 0 Å². The van der Waals surface area contributed by atoms with Crippen molar-refractivity contribution in [2.24, 2.45) is 17.8 Å². The van der Waals surface area contributed by atoms with Gasteiger partial charge in [-0.1, -0.05) is 72.7 Å². The van der Waals surface area contributed by atoms with Crippen LogP contribution in [0.2, 0.25) is 0 Å². The summed E-state index contributed by atoms with van der Waals surface area (Å²) < 4.78 is 11.9. The van der Waals surface area contributed by atoms with E-state index in [1.54, 1.807) is 61.7 Å². The Kier molecular flexibility index (Phi) is 17.7. The number of methoxy groups -OCH3 is 2. The first-order valence-corrected chi connectivity index (χ1v) is 31.4. The Balaban J connectivity index is 0.000000124. The van der Waals surface area contributed by atoms with Gasteiger partial charge in [-0.3, -0.25) is 30.3 Å². The zero-order valence-corrected chi connectivity index (χ0v) is 52.0. The molecule has 448 valence electrons. The molecule has 6 aromatic carbocycles. The second-order valence-corrected chi connectivity index (χ2v) is 26.1. The molecule has 0 radical (unpaired) electrons. The van der Waals surface area contributed by atoms with Gasteiger partial charge < -0.3 is 29.7 Å². The predicted octanol–water partition coefficient (Wildman–Crippen LogP) is 15.4. The molecule has 3 saturated heterocycles. The molecule has 2 N–H and O–H groups in total. The van der Waals surface area contributed by atoms with Crippen molar-refractivity contribution in [2.45, 2.75) is 150 Å². The van der Waals surface area contributed by atoms with Gasteiger partial charge in [0.25, 0.3) is 17.1 Å². The van der Waals surface area contributed by atoms with Crippen molar-refractivity contribution in [2.75, 3.05) is 43.7 Å². The molecule has 0 unspecified atom stereocenters. The van der Waals surface area contributed by atoms with Gasteiger partial charge in [0.15, 0.2) is 0 Å². The minimum atomic E-state index is -0.424. The number of hydrogen-bond donors (Lipinski definition) is 2. The second kappa shape index (κ2) is 25.0. The summed E-state index contributed by atoms with van der Waals surface area (Å²) in [6, 6.07) is 41.3. The number of nitro benzene ring substituents is 3. The van der Waals surface area contributed by atoms with Gasteiger partial charge in [0, 0.05) is 99.7 Å². The molecule has 17 heteroatoms. The Bertz CT molecular complexity index is 3400. The molecule has 15 rings (SSSR count). The molecule has 15 nitrogen and oxygen atoms in total. The lowest BCUT2D eigenvalue weighted by atomic mass is 9.52. The number of nitrogens with zero attached hydrogens (tertiary/aromatic N) is 5. The molecular formula is C68H78Br2N6O9. The lowest BCUT2D eigenvalue weighted by Crippen LogP contribution is -2.61. The Labute approximate surface area is 517 Å². The van der Waals surface area contributed by atoms with Crippen molar-refractivity contribution in [3.8, 4) is 17.2 Å². The fourth-order valence-electron chi connectivity index (χ4n) is 17.9. The first-order valence-electron chi connectivity index (χ1n) is 30.6. The van der Waals surface area contributed by atoms with Gasteiger partial charge in [-0.05, 0) is 208 Å². The van der Waals surface area contributed by atoms with Gasteiger partial charge in [0.1, 0.15) is 17.2 Å². The summed E-state index contributed by atoms with van der Waals surface area (Å²) in [5, 5.41) is 46.0. The summed E-state index contributed by atoms with van der Waals surface area (Å²) in [7, 11) is 3.53. The van der Waals surface area contributed by atoms with E-state index in [4.69, 9.17) is 9.47 Å². The molecule has 3 saturated carbocycles. The van der Waals surface area contributed by atoms with Crippen molar-refractivity contribution in [1.82, 2.24) is 5.32 Å². The van der Waals surface area contributed by atoms with Gasteiger partial charge in [-0.15, -0.1) is 17.0 Å². The number of piperidine rings is 3. The van der Waals surface area contributed by atoms with Crippen LogP contribution < -0.4 is 24.6 Å². The molecule has 0 amide bonds. The fraction of sp³-hybridized carbons (Fsp3) is 0.471. The second-order valence-electron chi connectivity index (χ2n) is 25.1. The number of fused-ring (bicyclic) bond motifs is 3. The Morgan fingerprint density at radius 3 is 1.35 bits per heavy atom. The summed E-state index contributed by atoms with van der Waals surface area (Å²) in [5.41, 5.74) is 12.4. The number of anilines is 2. The minimum absolute atomic E-state index is 0. The third-order valence-corrected chi connectivity index (χ3v) is 22.1. The van der Waals surface area contributed by atoms with Crippen LogP contribution in [0.3, 0.4) is 0 Å². The molecule has 0 aromatic heterocycles. The zero-order valence-electron chi connectivity index (χ0n) is 48.7. The lowest BCUT2D eigenvalue weighted by molar-refractivity contribution is -0.385. The van der Waals surface area contributed by atoms with Crippen molar-refractivity contribution in [3.63, 3.8) is 0 Å². The van der Waals surface area contributed by atoms with Crippen LogP contribution in [0.5, 0.6) is 17.2 Å². The third-order valence-electron chi connectivity index (χ3n) is 21.5. The number of rotatable bonds is 7. The molecule has 6 bridgehead atoms. The monoisotopic (exact) mass is 1280 g/mol. The maximum absolute atomic E-state index is 11.0. The first kappa shape index (κ1) is 60.1. The minimum Gasteiger partial charge on any atom is -0.508 e. The standard InChI is InChI=1S/C23H26N2O3.C22H24N2O3.C17H23NO.C6H4BrNO2.BrH/c1-28-19-10-5-16-14-22-20-4-2-3-11-23(20,21(16)15-19)12-13-24(22)17-6-8-18(9-7-17)25(26)27;25-18-9-4-15-13-21-19-3-1-2-10-22(19,20(15)14-18)11-12-23(21)16-5-7-17(8-6-16)24(26)27;1-19-13-6-5-12-10-16-14-4-2-3-7-17(14,8-9-18-16)15(12)11-13;7-5-1-3-6(4-2-5)8(9)10;/h5-10,15,20,22H,2-4,11-14H2,1H3;4-9,14,19,21,25H,1-3,10-13H2;5-6,11,14,16,18H,2-4,7-10H2,1H3;1-4H;1H/t20-,22+,23+;19-,21+,22+;14-,16+,17+;;/m111../s1. The SMILES string of the molecule is Br.COc1ccc2c(c1)[C@]13CCCC[C@@H]1[C@H](C2)N(c1ccc([N+](=O)[O-])cc1)CC3.COc1ccc2c(c1)[C@]13CCCC[C@@H]1[C@H](C2)NCC3.O=[N+]([O-])c1ccc(Br)cc1.O=[N+]([O-])c1ccc(N2CC[C@@]34CCCC[C@@H]3[C@@H]2Cc2ccc(O)cc24)cc1. The van der Waals surface area contributed by atoms with Crippen molar-refractivity contribution in [3.05, 3.63) is 196 Å². The lowest BCUT2D eigenvalue weighted by Gasteiger charge is -2.59. The van der Waals surface area contributed by atoms with Crippen molar-refractivity contribution in [1.29, 1.82) is 0 Å². The largest absolute Gasteiger partial charge is 0.508 e. The number of non-ortho nitro benzene ring substituents is 3. The van der Waals surface area contributed by atoms with Gasteiger partial charge in [-0.2, -0.15) is 0 Å². The van der Waals surface area contributed by atoms with E-state index in [0.717, 1.165) is 78.1 Å². The van der Waals surface area contributed by atoms with Crippen LogP contribution >= 0.6 is 32.9 Å². The van der Waals surface area contributed by atoms with E-state index in [0.29, 0.717) is 35.1 Å². The van der Waals surface area contributed by atoms with E-state index in [1.165, 1.54) is 131 Å². The smallest absolute Gasteiger partial charge is 0.269 e. The molecule has 9 atom stereocenters. The Morgan fingerprint density at radius 1 is 0.506 bits per heavy atom. The summed E-state index contributed by atoms with van der Waals surface area (Å²) in [4.78, 5) is 36.0. The number of nitrogens with one attached hydrogen (secondary N) is 1. The number of phenolic OH excluding ortho intramolecular Hbond substituents is 1. The van der Waals surface area contributed by atoms with Gasteiger partial charge in [0.2, 0.25) is 0 Å². The molecule has 3 heterocycles. The highest BCUT2D eigenvalue weighted by Crippen LogP contribution is 2.59. The number of nitro groups is 3. The first-order chi connectivity index (χ1) is 40.7. The molecule has 6 aliphatic carbocycles. The molecule has 9 aliphatic rings. The number of phenols is 1. The maximum atomic E-state index is 11.0. The molecule has 6 fully saturated rings. The quantitative estimate of drug-likeness (QED) is 0.114. The third kappa shape index (κ3) is 11.3. The summed E-state index contributed by atoms with van der Waals surface area (Å²) in [6.07, 6.45) is 22.5. The van der Waals surface area contributed by atoms with Crippen molar-refractivity contribution >= 4 is 61.3 Å². The highest BCUT2D eigenvalue weighted by atomic mass is 79.9. The number of aromatic hydroxyl groups is 1. The van der Waals surface area contributed by atoms with E-state index in [-0.39, 0.29) is 54.7 Å². The van der Waals surface area contributed by atoms with E-state index in [9.17, 15) is 35.4 Å². The van der Waals surface area contributed by atoms with Crippen molar-refractivity contribution < 1.29 is 29.4 Å². The normalized spacial score (nSPS) is 27.7. The van der Waals surface area contributed by atoms with Gasteiger partial charge >= 0.3 is 0 Å². The molecule has 85 heavy (non-hydrogen) atoms. The van der Waals surface area contributed by atoms with Crippen LogP contribution in [0, 0.1) is 48.1 Å². The van der Waals surface area contributed by atoms with Gasteiger partial charge in [0.05, 0.1) is 29.0 Å². The Hall–Kier alpha value is -6.56. The zero-order chi connectivity index (χ0) is 58.3. The van der Waals surface area contributed by atoms with E-state index in [1.807, 2.05) is 36.4 Å². The predicted molar refractivity (Wildman–Crippen MR) is 341 cm³/mol. The number of benzene rings is 6. The summed E-state index contributed by atoms with van der Waals surface area (Å²) >= 11 is 3.17. The number of hydrogen-bond acceptors (Lipinski definition) is 12. The fourth-order valence-corrected chi connectivity index (χ4v) is 18.1. The van der Waals surface area contributed by atoms with Crippen LogP contribution in [-0.4, -0.2) is 71.9 Å². The maximum Gasteiger partial charge on any atom is 0.269 e. The molecular weight excluding hydrogens is 1200 g/mol. The van der Waals surface area contributed by atoms with Gasteiger partial charge in [-0.25, -0.2) is 0 Å². The van der Waals surface area contributed by atoms with E-state index < -0.39 is 4.92 Å². The average Bonchev–Trinajstić information content (AvgIpc) is 1.01. The molecule has 3 aliphatic heterocycles. The topological polar surface area (TPSA) is 187 Å². The Morgan fingerprint density at radius 2 is 0.906 bits per heavy atom. The number of halogens is 2. The summed E-state index contributed by atoms with van der Waals surface area (Å²) in [6.45, 7) is 3.17. The van der Waals surface area contributed by atoms with Crippen LogP contribution in [0.1, 0.15) is 130 Å². The van der Waals surface area contributed by atoms with E-state index >= 15 is 0 Å².